The topological polar surface area (TPSA) is 58.6 Å². The highest BCUT2D eigenvalue weighted by Gasteiger charge is 2.43. The fourth-order valence-corrected chi connectivity index (χ4v) is 9.04. The Labute approximate surface area is 211 Å². The minimum atomic E-state index is -3.69. The van der Waals surface area contributed by atoms with Crippen molar-refractivity contribution < 1.29 is 13.9 Å². The quantitative estimate of drug-likeness (QED) is 0.137. The highest BCUT2D eigenvalue weighted by Crippen LogP contribution is 2.65. The number of anilines is 1. The summed E-state index contributed by atoms with van der Waals surface area (Å²) in [6.07, 6.45) is 0.724. The maximum Gasteiger partial charge on any atom is 0.357 e. The smallest absolute Gasteiger partial charge is 0.306 e. The van der Waals surface area contributed by atoms with Crippen LogP contribution in [0.15, 0.2) is 0 Å². The molecule has 30 heavy (non-hydrogen) atoms. The third-order valence-electron chi connectivity index (χ3n) is 4.14. The minimum Gasteiger partial charge on any atom is -0.306 e. The molecule has 1 aromatic carbocycles. The van der Waals surface area contributed by atoms with E-state index >= 15 is 0 Å². The standard InChI is InChI=1S/C17H23Cl6N2O3PS/c1-6-8(3)30-29(27,28-7-2)25(10(5)9(4)18)17(26)24-16-14(22)12(20)11(19)13(21)15(16)23/h8-10H,6-7H2,1-5H3,(H,24,26). The molecule has 172 valence electrons. The van der Waals surface area contributed by atoms with Crippen molar-refractivity contribution >= 4 is 99.4 Å². The lowest BCUT2D eigenvalue weighted by atomic mass is 10.2. The average molecular weight is 579 g/mol. The summed E-state index contributed by atoms with van der Waals surface area (Å²) in [6, 6.07) is -1.43. The van der Waals surface area contributed by atoms with Gasteiger partial charge >= 0.3 is 12.8 Å². The molecule has 0 saturated carbocycles. The Bertz CT molecular complexity index is 800. The van der Waals surface area contributed by atoms with E-state index in [4.69, 9.17) is 74.1 Å². The summed E-state index contributed by atoms with van der Waals surface area (Å²) in [7, 11) is 0. The van der Waals surface area contributed by atoms with Crippen molar-refractivity contribution in [2.24, 2.45) is 0 Å². The molecule has 0 aliphatic heterocycles. The first-order valence-electron chi connectivity index (χ1n) is 9.01. The van der Waals surface area contributed by atoms with Gasteiger partial charge in [0.15, 0.2) is 0 Å². The van der Waals surface area contributed by atoms with Gasteiger partial charge in [-0.25, -0.2) is 9.46 Å². The summed E-state index contributed by atoms with van der Waals surface area (Å²) >= 11 is 38.0. The lowest BCUT2D eigenvalue weighted by molar-refractivity contribution is 0.215. The number of carbonyl (C=O) groups excluding carboxylic acids is 1. The maximum absolute atomic E-state index is 13.8. The number of amides is 2. The molecule has 0 saturated heterocycles. The normalized spacial score (nSPS) is 16.5. The molecule has 2 amide bonds. The van der Waals surface area contributed by atoms with Gasteiger partial charge in [0, 0.05) is 5.25 Å². The molecular weight excluding hydrogens is 556 g/mol. The summed E-state index contributed by atoms with van der Waals surface area (Å²) in [5, 5.41) is 1.58. The number of rotatable bonds is 9. The molecule has 5 nitrogen and oxygen atoms in total. The number of hydrogen-bond acceptors (Lipinski definition) is 4. The molecule has 0 heterocycles. The van der Waals surface area contributed by atoms with Crippen LogP contribution >= 0.6 is 87.7 Å². The van der Waals surface area contributed by atoms with Crippen LogP contribution in [0.4, 0.5) is 10.5 Å². The second kappa shape index (κ2) is 12.3. The van der Waals surface area contributed by atoms with Crippen molar-refractivity contribution in [3.63, 3.8) is 0 Å². The zero-order chi connectivity index (χ0) is 23.4. The molecule has 1 rings (SSSR count). The molecular formula is C17H23Cl6N2O3PS. The van der Waals surface area contributed by atoms with Crippen LogP contribution in [0.1, 0.15) is 41.0 Å². The van der Waals surface area contributed by atoms with E-state index < -0.39 is 24.2 Å². The van der Waals surface area contributed by atoms with Crippen molar-refractivity contribution in [2.75, 3.05) is 11.9 Å². The van der Waals surface area contributed by atoms with E-state index in [2.05, 4.69) is 5.32 Å². The monoisotopic (exact) mass is 576 g/mol. The molecule has 0 spiro atoms. The van der Waals surface area contributed by atoms with E-state index in [0.717, 1.165) is 22.5 Å². The number of nitrogens with one attached hydrogen (secondary N) is 1. The predicted octanol–water partition coefficient (Wildman–Crippen LogP) is 9.48. The van der Waals surface area contributed by atoms with Crippen LogP contribution in [0.2, 0.25) is 25.1 Å². The Balaban J connectivity index is 3.50. The van der Waals surface area contributed by atoms with Gasteiger partial charge in [-0.15, -0.1) is 11.6 Å². The molecule has 0 radical (unpaired) electrons. The number of benzene rings is 1. The van der Waals surface area contributed by atoms with Gasteiger partial charge in [0.2, 0.25) is 0 Å². The third-order valence-corrected chi connectivity index (χ3v) is 12.1. The molecule has 0 bridgehead atoms. The van der Waals surface area contributed by atoms with Crippen LogP contribution in [-0.4, -0.2) is 34.0 Å². The summed E-state index contributed by atoms with van der Waals surface area (Å²) in [4.78, 5) is 13.3. The molecule has 4 unspecified atom stereocenters. The van der Waals surface area contributed by atoms with Crippen LogP contribution in [-0.2, 0) is 9.09 Å². The molecule has 4 atom stereocenters. The number of carbonyl (C=O) groups is 1. The summed E-state index contributed by atoms with van der Waals surface area (Å²) in [5.41, 5.74) is -0.0567. The molecule has 0 aliphatic carbocycles. The van der Waals surface area contributed by atoms with E-state index in [1.807, 2.05) is 13.8 Å². The van der Waals surface area contributed by atoms with Gasteiger partial charge < -0.3 is 9.84 Å². The first-order valence-corrected chi connectivity index (χ1v) is 14.4. The number of hydrogen-bond donors (Lipinski definition) is 1. The minimum absolute atomic E-state index is 0.0397. The highest BCUT2D eigenvalue weighted by molar-refractivity contribution is 8.56. The maximum atomic E-state index is 13.8. The van der Waals surface area contributed by atoms with E-state index in [-0.39, 0.29) is 42.7 Å². The predicted molar refractivity (Wildman–Crippen MR) is 134 cm³/mol. The zero-order valence-electron chi connectivity index (χ0n) is 16.9. The van der Waals surface area contributed by atoms with Crippen molar-refractivity contribution in [1.82, 2.24) is 4.67 Å². The van der Waals surface area contributed by atoms with E-state index in [1.165, 1.54) is 0 Å². The van der Waals surface area contributed by atoms with Crippen molar-refractivity contribution in [3.8, 4) is 0 Å². The SMILES string of the molecule is CCOP(=O)(SC(C)CC)N(C(=O)Nc1c(Cl)c(Cl)c(Cl)c(Cl)c1Cl)C(C)C(C)Cl. The molecule has 13 heteroatoms. The molecule has 1 aromatic rings. The first-order chi connectivity index (χ1) is 13.8. The van der Waals surface area contributed by atoms with Crippen molar-refractivity contribution in [2.45, 2.75) is 57.7 Å². The summed E-state index contributed by atoms with van der Waals surface area (Å²) in [5.74, 6) is 0. The summed E-state index contributed by atoms with van der Waals surface area (Å²) < 4.78 is 20.5. The number of halogens is 6. The van der Waals surface area contributed by atoms with Crippen LogP contribution in [0, 0.1) is 0 Å². The zero-order valence-corrected chi connectivity index (χ0v) is 23.2. The largest absolute Gasteiger partial charge is 0.357 e. The van der Waals surface area contributed by atoms with Gasteiger partial charge in [-0.1, -0.05) is 71.9 Å². The fraction of sp³-hybridized carbons (Fsp3) is 0.588. The number of alkyl halides is 1. The van der Waals surface area contributed by atoms with Gasteiger partial charge in [-0.2, -0.15) is 0 Å². The molecule has 1 N–H and O–H groups in total. The second-order valence-electron chi connectivity index (χ2n) is 6.35. The van der Waals surface area contributed by atoms with E-state index in [0.29, 0.717) is 0 Å². The summed E-state index contributed by atoms with van der Waals surface area (Å²) in [6.45, 7) is 5.34. The van der Waals surface area contributed by atoms with Gasteiger partial charge in [0.05, 0.1) is 48.8 Å². The van der Waals surface area contributed by atoms with Crippen molar-refractivity contribution in [3.05, 3.63) is 25.1 Å². The van der Waals surface area contributed by atoms with Gasteiger partial charge in [-0.05, 0) is 38.6 Å². The van der Waals surface area contributed by atoms with Crippen molar-refractivity contribution in [1.29, 1.82) is 0 Å². The Hall–Kier alpha value is 0.770. The first kappa shape index (κ1) is 28.8. The highest BCUT2D eigenvalue weighted by atomic mass is 35.5. The fourth-order valence-electron chi connectivity index (χ4n) is 2.20. The van der Waals surface area contributed by atoms with Crippen LogP contribution in [0.25, 0.3) is 0 Å². The number of nitrogens with zero attached hydrogens (tertiary/aromatic N) is 1. The van der Waals surface area contributed by atoms with Crippen LogP contribution in [0.5, 0.6) is 0 Å². The Morgan fingerprint density at radius 1 is 1.03 bits per heavy atom. The Morgan fingerprint density at radius 3 is 1.90 bits per heavy atom. The second-order valence-corrected chi connectivity index (χ2v) is 13.6. The lowest BCUT2D eigenvalue weighted by Crippen LogP contribution is -2.42. The third kappa shape index (κ3) is 6.65. The van der Waals surface area contributed by atoms with Crippen LogP contribution < -0.4 is 5.32 Å². The Morgan fingerprint density at radius 2 is 1.50 bits per heavy atom. The molecule has 0 aromatic heterocycles. The van der Waals surface area contributed by atoms with E-state index in [9.17, 15) is 9.36 Å². The van der Waals surface area contributed by atoms with E-state index in [1.54, 1.807) is 20.8 Å². The number of urea groups is 1. The van der Waals surface area contributed by atoms with Gasteiger partial charge in [0.1, 0.15) is 0 Å². The van der Waals surface area contributed by atoms with Gasteiger partial charge in [0.25, 0.3) is 0 Å². The molecule has 0 aliphatic rings. The van der Waals surface area contributed by atoms with Gasteiger partial charge in [-0.3, -0.25) is 4.57 Å². The molecule has 0 fully saturated rings. The average Bonchev–Trinajstić information content (AvgIpc) is 2.68. The Kier molecular flexibility index (Phi) is 11.8. The lowest BCUT2D eigenvalue weighted by Gasteiger charge is -2.37. The van der Waals surface area contributed by atoms with Crippen LogP contribution in [0.3, 0.4) is 0 Å².